The summed E-state index contributed by atoms with van der Waals surface area (Å²) in [6, 6.07) is 8.81. The number of nitrogens with one attached hydrogen (secondary N) is 3. The highest BCUT2D eigenvalue weighted by atomic mass is 19.1. The summed E-state index contributed by atoms with van der Waals surface area (Å²) < 4.78 is 27.1. The minimum atomic E-state index is -0.686. The molecule has 2 aromatic carbocycles. The lowest BCUT2D eigenvalue weighted by atomic mass is 10.1. The average molecular weight is 359 g/mol. The summed E-state index contributed by atoms with van der Waals surface area (Å²) in [6.45, 7) is 1.43. The van der Waals surface area contributed by atoms with Gasteiger partial charge in [-0.3, -0.25) is 10.2 Å². The molecule has 0 atom stereocenters. The molecule has 0 bridgehead atoms. The Morgan fingerprint density at radius 2 is 1.81 bits per heavy atom. The summed E-state index contributed by atoms with van der Waals surface area (Å²) in [5.74, 6) is -1.36. The number of halogens is 2. The van der Waals surface area contributed by atoms with E-state index in [1.807, 2.05) is 0 Å². The molecule has 0 aliphatic carbocycles. The van der Waals surface area contributed by atoms with Crippen LogP contribution < -0.4 is 16.1 Å². The summed E-state index contributed by atoms with van der Waals surface area (Å²) in [5, 5.41) is 6.48. The second kappa shape index (κ2) is 7.28. The lowest BCUT2D eigenvalue weighted by Gasteiger charge is -2.10. The van der Waals surface area contributed by atoms with Gasteiger partial charge < -0.3 is 5.32 Å². The number of amides is 2. The molecule has 0 aliphatic rings. The van der Waals surface area contributed by atoms with Gasteiger partial charge in [-0.15, -0.1) is 0 Å². The number of aromatic nitrogens is 2. The van der Waals surface area contributed by atoms with Crippen LogP contribution in [0.4, 0.5) is 31.0 Å². The Kier molecular flexibility index (Phi) is 4.90. The first-order valence-corrected chi connectivity index (χ1v) is 7.56. The smallest absolute Gasteiger partial charge is 0.308 e. The van der Waals surface area contributed by atoms with Gasteiger partial charge in [-0.25, -0.2) is 24.0 Å². The Hall–Kier alpha value is -3.33. The fourth-order valence-electron chi connectivity index (χ4n) is 2.34. The Morgan fingerprint density at radius 3 is 2.58 bits per heavy atom. The van der Waals surface area contributed by atoms with Gasteiger partial charge in [-0.05, 0) is 42.0 Å². The maximum Gasteiger partial charge on any atom is 0.326 e. The van der Waals surface area contributed by atoms with Gasteiger partial charge in [0.1, 0.15) is 5.82 Å². The molecule has 26 heavy (non-hydrogen) atoms. The predicted molar refractivity (Wildman–Crippen MR) is 93.9 cm³/mol. The molecule has 9 heteroatoms. The Balaban J connectivity index is 1.76. The lowest BCUT2D eigenvalue weighted by molar-refractivity contribution is 0.261. The highest BCUT2D eigenvalue weighted by molar-refractivity contribution is 6.00. The van der Waals surface area contributed by atoms with Crippen LogP contribution in [0.15, 0.2) is 36.4 Å². The van der Waals surface area contributed by atoms with Crippen molar-refractivity contribution in [3.05, 3.63) is 53.7 Å². The number of urea groups is 1. The Morgan fingerprint density at radius 1 is 1.04 bits per heavy atom. The third-order valence-corrected chi connectivity index (χ3v) is 3.50. The van der Waals surface area contributed by atoms with E-state index in [9.17, 15) is 13.6 Å². The predicted octanol–water partition coefficient (Wildman–Crippen LogP) is 3.83. The highest BCUT2D eigenvalue weighted by Gasteiger charge is 2.13. The minimum absolute atomic E-state index is 0.0380. The van der Waals surface area contributed by atoms with Gasteiger partial charge in [0.25, 0.3) is 0 Å². The van der Waals surface area contributed by atoms with E-state index in [0.717, 1.165) is 5.39 Å². The van der Waals surface area contributed by atoms with Gasteiger partial charge in [0.05, 0.1) is 12.8 Å². The first-order valence-electron chi connectivity index (χ1n) is 7.56. The van der Waals surface area contributed by atoms with Gasteiger partial charge in [-0.1, -0.05) is 12.1 Å². The van der Waals surface area contributed by atoms with Crippen molar-refractivity contribution in [3.8, 4) is 0 Å². The molecule has 0 aliphatic heterocycles. The number of rotatable bonds is 4. The molecule has 0 saturated carbocycles. The van der Waals surface area contributed by atoms with Crippen molar-refractivity contribution in [1.82, 2.24) is 9.97 Å². The first kappa shape index (κ1) is 17.5. The van der Waals surface area contributed by atoms with Crippen LogP contribution >= 0.6 is 0 Å². The van der Waals surface area contributed by atoms with E-state index in [0.29, 0.717) is 11.1 Å². The van der Waals surface area contributed by atoms with Gasteiger partial charge >= 0.3 is 6.03 Å². The normalized spacial score (nSPS) is 10.6. The molecule has 0 radical (unpaired) electrons. The van der Waals surface area contributed by atoms with E-state index in [1.54, 1.807) is 24.3 Å². The van der Waals surface area contributed by atoms with E-state index in [4.69, 9.17) is 0 Å². The molecular weight excluding hydrogens is 344 g/mol. The minimum Gasteiger partial charge on any atom is -0.308 e. The molecule has 0 fully saturated rings. The van der Waals surface area contributed by atoms with Gasteiger partial charge in [-0.2, -0.15) is 4.98 Å². The van der Waals surface area contributed by atoms with Crippen molar-refractivity contribution in [1.29, 1.82) is 0 Å². The Bertz CT molecular complexity index is 981. The third-order valence-electron chi connectivity index (χ3n) is 3.50. The summed E-state index contributed by atoms with van der Waals surface area (Å²) in [7, 11) is 1.30. The number of carbonyl (C=O) groups excluding carboxylic acids is 1. The van der Waals surface area contributed by atoms with E-state index in [1.165, 1.54) is 26.2 Å². The van der Waals surface area contributed by atoms with Crippen molar-refractivity contribution < 1.29 is 18.4 Å². The number of benzene rings is 2. The molecule has 2 amide bonds. The molecule has 3 N–H and O–H groups in total. The zero-order valence-electron chi connectivity index (χ0n) is 13.9. The summed E-state index contributed by atoms with van der Waals surface area (Å²) in [6.07, 6.45) is 0. The van der Waals surface area contributed by atoms with Crippen molar-refractivity contribution >= 4 is 34.3 Å². The second-order valence-electron chi connectivity index (χ2n) is 5.39. The fourth-order valence-corrected chi connectivity index (χ4v) is 2.34. The molecule has 3 aromatic rings. The van der Waals surface area contributed by atoms with Crippen LogP contribution in [0.2, 0.25) is 0 Å². The third kappa shape index (κ3) is 3.83. The zero-order chi connectivity index (χ0) is 18.7. The van der Waals surface area contributed by atoms with Gasteiger partial charge in [0, 0.05) is 5.69 Å². The van der Waals surface area contributed by atoms with Crippen molar-refractivity contribution in [2.75, 3.05) is 23.2 Å². The number of hydrogen-bond acceptors (Lipinski definition) is 5. The van der Waals surface area contributed by atoms with Crippen LogP contribution in [-0.4, -0.2) is 23.1 Å². The molecule has 7 nitrogen and oxygen atoms in total. The van der Waals surface area contributed by atoms with Crippen molar-refractivity contribution in [2.24, 2.45) is 0 Å². The highest BCUT2D eigenvalue weighted by Crippen LogP contribution is 2.21. The number of aryl methyl sites for hydroxylation is 1. The fraction of sp³-hybridized carbons (Fsp3) is 0.118. The van der Waals surface area contributed by atoms with E-state index in [2.05, 4.69) is 30.9 Å². The van der Waals surface area contributed by atoms with Crippen LogP contribution in [0.25, 0.3) is 10.8 Å². The second-order valence-corrected chi connectivity index (χ2v) is 5.39. The summed E-state index contributed by atoms with van der Waals surface area (Å²) >= 11 is 0. The summed E-state index contributed by atoms with van der Waals surface area (Å²) in [5.41, 5.74) is 2.76. The molecule has 0 unspecified atom stereocenters. The first-order chi connectivity index (χ1) is 12.5. The maximum atomic E-state index is 13.8. The van der Waals surface area contributed by atoms with Crippen molar-refractivity contribution in [3.63, 3.8) is 0 Å². The lowest BCUT2D eigenvalue weighted by Crippen LogP contribution is -2.21. The van der Waals surface area contributed by atoms with Crippen molar-refractivity contribution in [2.45, 2.75) is 6.92 Å². The molecular formula is C17H15F2N5O2. The zero-order valence-corrected chi connectivity index (χ0v) is 13.9. The number of hydrogen-bond donors (Lipinski definition) is 3. The Labute approximate surface area is 147 Å². The van der Waals surface area contributed by atoms with Crippen LogP contribution in [-0.2, 0) is 4.84 Å². The monoisotopic (exact) mass is 359 g/mol. The molecule has 1 aromatic heterocycles. The number of carbonyl (C=O) groups is 1. The number of nitrogens with zero attached hydrogens (tertiary/aromatic N) is 2. The van der Waals surface area contributed by atoms with Gasteiger partial charge in [0.2, 0.25) is 5.95 Å². The SMILES string of the molecule is CONc1nc(NC(=O)Nc2ccc3ccc(F)cc3c2)nc(C)c1F. The molecule has 0 spiro atoms. The van der Waals surface area contributed by atoms with Crippen LogP contribution in [0.1, 0.15) is 5.69 Å². The maximum absolute atomic E-state index is 13.8. The van der Waals surface area contributed by atoms with Crippen LogP contribution in [0.3, 0.4) is 0 Å². The van der Waals surface area contributed by atoms with Crippen LogP contribution in [0.5, 0.6) is 0 Å². The summed E-state index contributed by atoms with van der Waals surface area (Å²) in [4.78, 5) is 24.4. The topological polar surface area (TPSA) is 88.2 Å². The number of anilines is 3. The molecule has 0 saturated heterocycles. The molecule has 134 valence electrons. The molecule has 1 heterocycles. The van der Waals surface area contributed by atoms with Crippen LogP contribution in [0, 0.1) is 18.6 Å². The average Bonchev–Trinajstić information content (AvgIpc) is 2.59. The number of fused-ring (bicyclic) bond motifs is 1. The molecule has 3 rings (SSSR count). The standard InChI is InChI=1S/C17H15F2N5O2/c1-9-14(19)15(24-26-2)22-16(20-9)23-17(25)21-13-6-4-10-3-5-12(18)7-11(10)8-13/h3-8H,1-2H3,(H3,20,21,22,23,24,25). The van der Waals surface area contributed by atoms with E-state index < -0.39 is 11.8 Å². The quantitative estimate of drug-likeness (QED) is 0.616. The largest absolute Gasteiger partial charge is 0.326 e. The van der Waals surface area contributed by atoms with Gasteiger partial charge in [0.15, 0.2) is 11.6 Å². The van der Waals surface area contributed by atoms with E-state index >= 15 is 0 Å². The van der Waals surface area contributed by atoms with E-state index in [-0.39, 0.29) is 23.3 Å².